The minimum Gasteiger partial charge on any atom is -0.478 e. The van der Waals surface area contributed by atoms with Gasteiger partial charge in [-0.25, -0.2) is 4.79 Å². The summed E-state index contributed by atoms with van der Waals surface area (Å²) in [5.41, 5.74) is 3.08. The lowest BCUT2D eigenvalue weighted by Gasteiger charge is -2.05. The van der Waals surface area contributed by atoms with Crippen molar-refractivity contribution in [3.8, 4) is 0 Å². The van der Waals surface area contributed by atoms with Crippen molar-refractivity contribution < 1.29 is 14.6 Å². The van der Waals surface area contributed by atoms with Crippen LogP contribution in [0.1, 0.15) is 27.3 Å². The Bertz CT molecular complexity index is 564. The van der Waals surface area contributed by atoms with Crippen LogP contribution in [-0.2, 0) is 18.0 Å². The summed E-state index contributed by atoms with van der Waals surface area (Å²) in [6.45, 7) is 2.83. The van der Waals surface area contributed by atoms with Gasteiger partial charge in [-0.2, -0.15) is 0 Å². The molecule has 0 radical (unpaired) electrons. The second-order valence-corrected chi connectivity index (χ2v) is 4.27. The number of pyridine rings is 1. The van der Waals surface area contributed by atoms with Crippen molar-refractivity contribution in [2.75, 3.05) is 0 Å². The van der Waals surface area contributed by atoms with E-state index in [4.69, 9.17) is 9.84 Å². The van der Waals surface area contributed by atoms with Crippen LogP contribution in [0.4, 0.5) is 0 Å². The molecule has 2 aromatic rings. The van der Waals surface area contributed by atoms with E-state index >= 15 is 0 Å². The number of carboxylic acids is 1. The second kappa shape index (κ2) is 6.11. The Morgan fingerprint density at radius 2 is 1.89 bits per heavy atom. The van der Waals surface area contributed by atoms with Gasteiger partial charge in [0.1, 0.15) is 0 Å². The highest BCUT2D eigenvalue weighted by Gasteiger charge is 2.02. The molecule has 4 heteroatoms. The topological polar surface area (TPSA) is 59.4 Å². The Hall–Kier alpha value is -2.20. The number of ether oxygens (including phenoxy) is 1. The zero-order valence-electron chi connectivity index (χ0n) is 10.7. The number of aromatic nitrogens is 1. The minimum absolute atomic E-state index is 0.282. The molecule has 0 saturated carbocycles. The molecular weight excluding hydrogens is 242 g/mol. The number of hydrogen-bond donors (Lipinski definition) is 1. The molecule has 4 nitrogen and oxygen atoms in total. The SMILES string of the molecule is Cc1cccc(COCc2ccc(C(=O)O)cc2)n1. The predicted octanol–water partition coefficient (Wildman–Crippen LogP) is 2.81. The first-order valence-electron chi connectivity index (χ1n) is 5.97. The smallest absolute Gasteiger partial charge is 0.335 e. The fraction of sp³-hybridized carbons (Fsp3) is 0.200. The molecule has 1 aromatic heterocycles. The van der Waals surface area contributed by atoms with E-state index in [2.05, 4.69) is 4.98 Å². The normalized spacial score (nSPS) is 10.4. The summed E-state index contributed by atoms with van der Waals surface area (Å²) in [5, 5.41) is 8.79. The van der Waals surface area contributed by atoms with Gasteiger partial charge in [0.25, 0.3) is 0 Å². The van der Waals surface area contributed by atoms with Gasteiger partial charge in [0.2, 0.25) is 0 Å². The molecule has 1 aromatic carbocycles. The van der Waals surface area contributed by atoms with E-state index in [9.17, 15) is 4.79 Å². The molecular formula is C15H15NO3. The number of aromatic carboxylic acids is 1. The lowest BCUT2D eigenvalue weighted by Crippen LogP contribution is -1.99. The molecule has 19 heavy (non-hydrogen) atoms. The van der Waals surface area contributed by atoms with Gasteiger partial charge in [-0.1, -0.05) is 18.2 Å². The van der Waals surface area contributed by atoms with E-state index in [0.717, 1.165) is 17.0 Å². The van der Waals surface area contributed by atoms with Gasteiger partial charge in [0.05, 0.1) is 24.5 Å². The Balaban J connectivity index is 1.87. The Labute approximate surface area is 111 Å². The largest absolute Gasteiger partial charge is 0.478 e. The van der Waals surface area contributed by atoms with Crippen LogP contribution in [0.15, 0.2) is 42.5 Å². The average Bonchev–Trinajstić information content (AvgIpc) is 2.39. The van der Waals surface area contributed by atoms with E-state index < -0.39 is 5.97 Å². The van der Waals surface area contributed by atoms with Crippen LogP contribution < -0.4 is 0 Å². The molecule has 0 saturated heterocycles. The third kappa shape index (κ3) is 3.89. The summed E-state index contributed by atoms with van der Waals surface area (Å²) in [7, 11) is 0. The molecule has 0 fully saturated rings. The lowest BCUT2D eigenvalue weighted by molar-refractivity contribution is 0.0696. The molecule has 0 aliphatic heterocycles. The maximum Gasteiger partial charge on any atom is 0.335 e. The Morgan fingerprint density at radius 1 is 1.16 bits per heavy atom. The quantitative estimate of drug-likeness (QED) is 0.894. The fourth-order valence-corrected chi connectivity index (χ4v) is 1.70. The van der Waals surface area contributed by atoms with Crippen molar-refractivity contribution in [1.82, 2.24) is 4.98 Å². The van der Waals surface area contributed by atoms with E-state index in [0.29, 0.717) is 13.2 Å². The summed E-state index contributed by atoms with van der Waals surface area (Å²) < 4.78 is 5.55. The Morgan fingerprint density at radius 3 is 2.53 bits per heavy atom. The number of rotatable bonds is 5. The molecule has 98 valence electrons. The molecule has 2 rings (SSSR count). The van der Waals surface area contributed by atoms with Crippen molar-refractivity contribution in [3.05, 3.63) is 65.0 Å². The third-order valence-corrected chi connectivity index (χ3v) is 2.67. The highest BCUT2D eigenvalue weighted by atomic mass is 16.5. The van der Waals surface area contributed by atoms with Crippen LogP contribution in [0.3, 0.4) is 0 Å². The molecule has 0 atom stereocenters. The standard InChI is InChI=1S/C15H15NO3/c1-11-3-2-4-14(16-11)10-19-9-12-5-7-13(8-6-12)15(17)18/h2-8H,9-10H2,1H3,(H,17,18). The number of aryl methyl sites for hydroxylation is 1. The summed E-state index contributed by atoms with van der Waals surface area (Å²) in [6.07, 6.45) is 0. The monoisotopic (exact) mass is 257 g/mol. The van der Waals surface area contributed by atoms with Gasteiger partial charge < -0.3 is 9.84 Å². The van der Waals surface area contributed by atoms with Gasteiger partial charge >= 0.3 is 5.97 Å². The van der Waals surface area contributed by atoms with Crippen molar-refractivity contribution >= 4 is 5.97 Å². The maximum atomic E-state index is 10.7. The summed E-state index contributed by atoms with van der Waals surface area (Å²) >= 11 is 0. The second-order valence-electron chi connectivity index (χ2n) is 4.27. The first-order valence-corrected chi connectivity index (χ1v) is 5.97. The van der Waals surface area contributed by atoms with Crippen molar-refractivity contribution in [2.45, 2.75) is 20.1 Å². The molecule has 0 spiro atoms. The number of hydrogen-bond acceptors (Lipinski definition) is 3. The highest BCUT2D eigenvalue weighted by Crippen LogP contribution is 2.07. The van der Waals surface area contributed by atoms with E-state index in [1.54, 1.807) is 24.3 Å². The molecule has 1 N–H and O–H groups in total. The molecule has 0 amide bonds. The van der Waals surface area contributed by atoms with Crippen LogP contribution in [0.2, 0.25) is 0 Å². The molecule has 0 bridgehead atoms. The van der Waals surface area contributed by atoms with Crippen LogP contribution in [0.5, 0.6) is 0 Å². The van der Waals surface area contributed by atoms with Gasteiger partial charge in [0.15, 0.2) is 0 Å². The summed E-state index contributed by atoms with van der Waals surface area (Å²) in [5.74, 6) is -0.920. The lowest BCUT2D eigenvalue weighted by atomic mass is 10.1. The van der Waals surface area contributed by atoms with E-state index in [-0.39, 0.29) is 5.56 Å². The maximum absolute atomic E-state index is 10.7. The zero-order valence-corrected chi connectivity index (χ0v) is 10.7. The third-order valence-electron chi connectivity index (χ3n) is 2.67. The predicted molar refractivity (Wildman–Crippen MR) is 70.9 cm³/mol. The fourth-order valence-electron chi connectivity index (χ4n) is 1.70. The average molecular weight is 257 g/mol. The van der Waals surface area contributed by atoms with Crippen LogP contribution in [0.25, 0.3) is 0 Å². The number of benzene rings is 1. The molecule has 0 aliphatic carbocycles. The first-order chi connectivity index (χ1) is 9.15. The number of nitrogens with zero attached hydrogens (tertiary/aromatic N) is 1. The van der Waals surface area contributed by atoms with Crippen LogP contribution in [-0.4, -0.2) is 16.1 Å². The van der Waals surface area contributed by atoms with Crippen molar-refractivity contribution in [3.63, 3.8) is 0 Å². The number of carbonyl (C=O) groups is 1. The van der Waals surface area contributed by atoms with Crippen molar-refractivity contribution in [2.24, 2.45) is 0 Å². The molecule has 1 heterocycles. The van der Waals surface area contributed by atoms with Gasteiger partial charge in [-0.05, 0) is 36.8 Å². The van der Waals surface area contributed by atoms with Gasteiger partial charge in [0, 0.05) is 5.69 Å². The van der Waals surface area contributed by atoms with Crippen LogP contribution in [0, 0.1) is 6.92 Å². The van der Waals surface area contributed by atoms with Crippen LogP contribution >= 0.6 is 0 Å². The highest BCUT2D eigenvalue weighted by molar-refractivity contribution is 5.87. The van der Waals surface area contributed by atoms with Gasteiger partial charge in [-0.3, -0.25) is 4.98 Å². The van der Waals surface area contributed by atoms with Gasteiger partial charge in [-0.15, -0.1) is 0 Å². The number of carboxylic acid groups (broad SMARTS) is 1. The first kappa shape index (κ1) is 13.2. The molecule has 0 unspecified atom stereocenters. The Kier molecular flexibility index (Phi) is 4.26. The molecule has 0 aliphatic rings. The van der Waals surface area contributed by atoms with E-state index in [1.807, 2.05) is 25.1 Å². The summed E-state index contributed by atoms with van der Waals surface area (Å²) in [6, 6.07) is 12.5. The van der Waals surface area contributed by atoms with E-state index in [1.165, 1.54) is 0 Å². The summed E-state index contributed by atoms with van der Waals surface area (Å²) in [4.78, 5) is 15.0. The minimum atomic E-state index is -0.920. The van der Waals surface area contributed by atoms with Crippen molar-refractivity contribution in [1.29, 1.82) is 0 Å². The zero-order chi connectivity index (χ0) is 13.7.